The molecule has 0 unspecified atom stereocenters. The summed E-state index contributed by atoms with van der Waals surface area (Å²) in [6, 6.07) is 3.50. The van der Waals surface area contributed by atoms with Crippen molar-refractivity contribution in [1.29, 1.82) is 5.26 Å². The van der Waals surface area contributed by atoms with Crippen LogP contribution >= 0.6 is 34.7 Å². The number of carboxylic acid groups (broad SMARTS) is 1. The number of aromatic nitrogens is 2. The number of carboxylic acids is 1. The van der Waals surface area contributed by atoms with Crippen LogP contribution < -0.4 is 0 Å². The standard InChI is InChI=1S/C11H6ClN3O2S2/c12-9-6(4-13)1-2-14-10(9)19-11-15-7(5-18-11)3-8(16)17/h1-2,5H,3H2,(H,16,17). The zero-order chi connectivity index (χ0) is 13.8. The van der Waals surface area contributed by atoms with Gasteiger partial charge in [0.25, 0.3) is 0 Å². The lowest BCUT2D eigenvalue weighted by Gasteiger charge is -2.00. The number of hydrogen-bond acceptors (Lipinski definition) is 6. The molecule has 96 valence electrons. The molecule has 0 fully saturated rings. The van der Waals surface area contributed by atoms with E-state index in [1.165, 1.54) is 35.4 Å². The molecule has 2 aromatic heterocycles. The molecule has 19 heavy (non-hydrogen) atoms. The van der Waals surface area contributed by atoms with Gasteiger partial charge in [0.1, 0.15) is 11.1 Å². The molecular formula is C11H6ClN3O2S2. The number of aliphatic carboxylic acids is 1. The Balaban J connectivity index is 2.20. The van der Waals surface area contributed by atoms with Gasteiger partial charge < -0.3 is 5.11 Å². The van der Waals surface area contributed by atoms with Crippen LogP contribution in [0, 0.1) is 11.3 Å². The summed E-state index contributed by atoms with van der Waals surface area (Å²) in [5.41, 5.74) is 0.842. The molecule has 1 N–H and O–H groups in total. The minimum absolute atomic E-state index is 0.115. The maximum absolute atomic E-state index is 10.6. The van der Waals surface area contributed by atoms with Crippen LogP contribution in [0.3, 0.4) is 0 Å². The monoisotopic (exact) mass is 311 g/mol. The first-order chi connectivity index (χ1) is 9.10. The molecule has 0 saturated heterocycles. The number of hydrogen-bond donors (Lipinski definition) is 1. The molecule has 0 radical (unpaired) electrons. The summed E-state index contributed by atoms with van der Waals surface area (Å²) in [5.74, 6) is -0.926. The van der Waals surface area contributed by atoms with Gasteiger partial charge in [-0.1, -0.05) is 11.6 Å². The van der Waals surface area contributed by atoms with Crippen molar-refractivity contribution in [2.45, 2.75) is 15.8 Å². The van der Waals surface area contributed by atoms with E-state index >= 15 is 0 Å². The average molecular weight is 312 g/mol. The Hall–Kier alpha value is -1.62. The van der Waals surface area contributed by atoms with Gasteiger partial charge in [0, 0.05) is 11.6 Å². The van der Waals surface area contributed by atoms with Gasteiger partial charge in [0.15, 0.2) is 4.34 Å². The van der Waals surface area contributed by atoms with E-state index in [1.54, 1.807) is 5.38 Å². The van der Waals surface area contributed by atoms with Gasteiger partial charge in [-0.25, -0.2) is 9.97 Å². The quantitative estimate of drug-likeness (QED) is 0.934. The topological polar surface area (TPSA) is 86.9 Å². The Morgan fingerprint density at radius 3 is 3.11 bits per heavy atom. The highest BCUT2D eigenvalue weighted by atomic mass is 35.5. The third-order valence-corrected chi connectivity index (χ3v) is 4.51. The average Bonchev–Trinajstić information content (AvgIpc) is 2.78. The number of thiazole rings is 1. The Morgan fingerprint density at radius 2 is 2.42 bits per heavy atom. The Labute approximate surface area is 121 Å². The smallest absolute Gasteiger partial charge is 0.309 e. The van der Waals surface area contributed by atoms with Crippen molar-refractivity contribution in [3.63, 3.8) is 0 Å². The number of halogens is 1. The molecule has 0 amide bonds. The fourth-order valence-electron chi connectivity index (χ4n) is 1.24. The van der Waals surface area contributed by atoms with Gasteiger partial charge in [-0.15, -0.1) is 11.3 Å². The molecule has 0 saturated carbocycles. The van der Waals surface area contributed by atoms with Crippen LogP contribution in [-0.2, 0) is 11.2 Å². The molecular weight excluding hydrogens is 306 g/mol. The van der Waals surface area contributed by atoms with Crippen molar-refractivity contribution in [1.82, 2.24) is 9.97 Å². The normalized spacial score (nSPS) is 10.1. The summed E-state index contributed by atoms with van der Waals surface area (Å²) < 4.78 is 0.640. The highest BCUT2D eigenvalue weighted by Crippen LogP contribution is 2.34. The molecule has 0 aliphatic heterocycles. The molecule has 0 aromatic carbocycles. The van der Waals surface area contributed by atoms with Gasteiger partial charge in [-0.3, -0.25) is 4.79 Å². The van der Waals surface area contributed by atoms with Crippen LogP contribution in [0.5, 0.6) is 0 Å². The molecule has 5 nitrogen and oxygen atoms in total. The second kappa shape index (κ2) is 6.02. The lowest BCUT2D eigenvalue weighted by atomic mass is 10.3. The second-order valence-electron chi connectivity index (χ2n) is 3.37. The summed E-state index contributed by atoms with van der Waals surface area (Å²) in [5, 5.41) is 20.0. The zero-order valence-corrected chi connectivity index (χ0v) is 11.7. The third-order valence-electron chi connectivity index (χ3n) is 2.02. The molecule has 0 atom stereocenters. The maximum atomic E-state index is 10.6. The van der Waals surface area contributed by atoms with Crippen LogP contribution in [0.15, 0.2) is 27.0 Å². The summed E-state index contributed by atoms with van der Waals surface area (Å²) in [4.78, 5) is 18.8. The van der Waals surface area contributed by atoms with E-state index < -0.39 is 5.97 Å². The first-order valence-electron chi connectivity index (χ1n) is 4.99. The molecule has 2 aromatic rings. The minimum atomic E-state index is -0.926. The van der Waals surface area contributed by atoms with Crippen molar-refractivity contribution < 1.29 is 9.90 Å². The molecule has 0 spiro atoms. The second-order valence-corrected chi connectivity index (χ2v) is 5.84. The van der Waals surface area contributed by atoms with Gasteiger partial charge in [-0.05, 0) is 17.8 Å². The van der Waals surface area contributed by atoms with Gasteiger partial charge in [0.05, 0.1) is 22.7 Å². The lowest BCUT2D eigenvalue weighted by Crippen LogP contribution is -1.99. The summed E-state index contributed by atoms with van der Waals surface area (Å²) >= 11 is 8.55. The number of nitriles is 1. The van der Waals surface area contributed by atoms with Gasteiger partial charge in [-0.2, -0.15) is 5.26 Å². The fraction of sp³-hybridized carbons (Fsp3) is 0.0909. The van der Waals surface area contributed by atoms with Crippen LogP contribution in [0.25, 0.3) is 0 Å². The van der Waals surface area contributed by atoms with E-state index in [1.807, 2.05) is 6.07 Å². The SMILES string of the molecule is N#Cc1ccnc(Sc2nc(CC(=O)O)cs2)c1Cl. The largest absolute Gasteiger partial charge is 0.481 e. The minimum Gasteiger partial charge on any atom is -0.481 e. The number of carbonyl (C=O) groups is 1. The third kappa shape index (κ3) is 3.44. The Morgan fingerprint density at radius 1 is 1.63 bits per heavy atom. The van der Waals surface area contributed by atoms with Crippen LogP contribution in [0.4, 0.5) is 0 Å². The first kappa shape index (κ1) is 13.8. The molecule has 0 aliphatic rings. The number of pyridine rings is 1. The van der Waals surface area contributed by atoms with Gasteiger partial charge in [0.2, 0.25) is 0 Å². The van der Waals surface area contributed by atoms with Crippen LogP contribution in [-0.4, -0.2) is 21.0 Å². The first-order valence-corrected chi connectivity index (χ1v) is 7.06. The Bertz CT molecular complexity index is 666. The van der Waals surface area contributed by atoms with Gasteiger partial charge >= 0.3 is 5.97 Å². The number of nitrogens with zero attached hydrogens (tertiary/aromatic N) is 3. The van der Waals surface area contributed by atoms with Crippen molar-refractivity contribution in [3.8, 4) is 6.07 Å². The van der Waals surface area contributed by atoms with E-state index in [4.69, 9.17) is 22.0 Å². The van der Waals surface area contributed by atoms with Crippen molar-refractivity contribution in [2.24, 2.45) is 0 Å². The Kier molecular flexibility index (Phi) is 4.37. The van der Waals surface area contributed by atoms with E-state index in [0.29, 0.717) is 20.6 Å². The maximum Gasteiger partial charge on any atom is 0.309 e. The molecule has 0 bridgehead atoms. The highest BCUT2D eigenvalue weighted by molar-refractivity contribution is 8.01. The van der Waals surface area contributed by atoms with E-state index in [2.05, 4.69) is 9.97 Å². The predicted octanol–water partition coefficient (Wildman–Crippen LogP) is 2.84. The van der Waals surface area contributed by atoms with E-state index in [0.717, 1.165) is 0 Å². The summed E-state index contributed by atoms with van der Waals surface area (Å²) in [6.45, 7) is 0. The van der Waals surface area contributed by atoms with E-state index in [9.17, 15) is 4.79 Å². The molecule has 2 heterocycles. The van der Waals surface area contributed by atoms with Crippen molar-refractivity contribution in [3.05, 3.63) is 33.9 Å². The predicted molar refractivity (Wildman–Crippen MR) is 71.5 cm³/mol. The summed E-state index contributed by atoms with van der Waals surface area (Å²) in [7, 11) is 0. The van der Waals surface area contributed by atoms with Crippen molar-refractivity contribution >= 4 is 40.7 Å². The molecule has 8 heteroatoms. The van der Waals surface area contributed by atoms with Crippen molar-refractivity contribution in [2.75, 3.05) is 0 Å². The van der Waals surface area contributed by atoms with Crippen LogP contribution in [0.1, 0.15) is 11.3 Å². The zero-order valence-electron chi connectivity index (χ0n) is 9.33. The van der Waals surface area contributed by atoms with Crippen LogP contribution in [0.2, 0.25) is 5.02 Å². The summed E-state index contributed by atoms with van der Waals surface area (Å²) in [6.07, 6.45) is 1.38. The number of rotatable bonds is 4. The molecule has 2 rings (SSSR count). The fourth-order valence-corrected chi connectivity index (χ4v) is 3.26. The van der Waals surface area contributed by atoms with E-state index in [-0.39, 0.29) is 11.4 Å². The lowest BCUT2D eigenvalue weighted by molar-refractivity contribution is -0.136. The highest BCUT2D eigenvalue weighted by Gasteiger charge is 2.12. The molecule has 0 aliphatic carbocycles.